The Morgan fingerprint density at radius 2 is 1.68 bits per heavy atom. The number of phenolic OH excluding ortho intramolecular Hbond substituents is 1. The van der Waals surface area contributed by atoms with Crippen molar-refractivity contribution >= 4 is 32.2 Å². The molecular weight excluding hydrogens is 344 g/mol. The van der Waals surface area contributed by atoms with Gasteiger partial charge in [-0.25, -0.2) is 8.42 Å². The summed E-state index contributed by atoms with van der Waals surface area (Å²) in [6.45, 7) is 0. The van der Waals surface area contributed by atoms with Crippen molar-refractivity contribution < 1.29 is 18.4 Å². The molecule has 25 heavy (non-hydrogen) atoms. The number of hydrogen-bond donors (Lipinski definition) is 1. The highest BCUT2D eigenvalue weighted by Gasteiger charge is 2.25. The lowest BCUT2D eigenvalue weighted by Crippen LogP contribution is -2.26. The first kappa shape index (κ1) is 16.7. The lowest BCUT2D eigenvalue weighted by molar-refractivity contribution is -0.386. The van der Waals surface area contributed by atoms with Crippen molar-refractivity contribution in [3.8, 4) is 5.75 Å². The van der Waals surface area contributed by atoms with Crippen molar-refractivity contribution in [1.29, 1.82) is 0 Å². The molecule has 8 heteroatoms. The average molecular weight is 358 g/mol. The highest BCUT2D eigenvalue weighted by atomic mass is 32.2. The molecule has 0 fully saturated rings. The molecule has 0 saturated carbocycles. The van der Waals surface area contributed by atoms with E-state index in [-0.39, 0.29) is 4.90 Å². The van der Waals surface area contributed by atoms with E-state index in [2.05, 4.69) is 0 Å². The maximum atomic E-state index is 12.8. The minimum atomic E-state index is -4.02. The summed E-state index contributed by atoms with van der Waals surface area (Å²) in [6.07, 6.45) is 0. The maximum absolute atomic E-state index is 12.8. The van der Waals surface area contributed by atoms with E-state index in [1.165, 1.54) is 7.05 Å². The second kappa shape index (κ2) is 6.06. The summed E-state index contributed by atoms with van der Waals surface area (Å²) >= 11 is 0. The van der Waals surface area contributed by atoms with Crippen LogP contribution in [0.1, 0.15) is 0 Å². The van der Waals surface area contributed by atoms with Crippen LogP contribution in [0.5, 0.6) is 5.75 Å². The smallest absolute Gasteiger partial charge is 0.312 e. The molecule has 1 N–H and O–H groups in total. The summed E-state index contributed by atoms with van der Waals surface area (Å²) in [4.78, 5) is 9.82. The van der Waals surface area contributed by atoms with E-state index in [9.17, 15) is 23.6 Å². The average Bonchev–Trinajstić information content (AvgIpc) is 2.60. The van der Waals surface area contributed by atoms with Crippen molar-refractivity contribution in [3.63, 3.8) is 0 Å². The quantitative estimate of drug-likeness (QED) is 0.570. The van der Waals surface area contributed by atoms with Gasteiger partial charge in [-0.05, 0) is 35.0 Å². The Bertz CT molecular complexity index is 1080. The lowest BCUT2D eigenvalue weighted by Gasteiger charge is -2.20. The molecule has 128 valence electrons. The van der Waals surface area contributed by atoms with E-state index < -0.39 is 26.4 Å². The fourth-order valence-electron chi connectivity index (χ4n) is 2.48. The molecule has 3 aromatic carbocycles. The number of rotatable bonds is 4. The molecule has 0 aliphatic carbocycles. The predicted molar refractivity (Wildman–Crippen MR) is 94.3 cm³/mol. The molecule has 0 bridgehead atoms. The summed E-state index contributed by atoms with van der Waals surface area (Å²) in [5.74, 6) is -0.586. The van der Waals surface area contributed by atoms with E-state index in [0.717, 1.165) is 33.3 Å². The van der Waals surface area contributed by atoms with E-state index in [1.54, 1.807) is 18.2 Å². The Kier molecular flexibility index (Phi) is 4.05. The number of nitro groups is 1. The highest BCUT2D eigenvalue weighted by Crippen LogP contribution is 2.31. The fraction of sp³-hybridized carbons (Fsp3) is 0.0588. The van der Waals surface area contributed by atoms with Crippen molar-refractivity contribution in [2.24, 2.45) is 0 Å². The molecule has 0 aromatic heterocycles. The maximum Gasteiger partial charge on any atom is 0.312 e. The second-order valence-electron chi connectivity index (χ2n) is 5.41. The van der Waals surface area contributed by atoms with Crippen LogP contribution in [-0.4, -0.2) is 25.5 Å². The first-order valence-electron chi connectivity index (χ1n) is 7.26. The van der Waals surface area contributed by atoms with Crippen LogP contribution >= 0.6 is 0 Å². The van der Waals surface area contributed by atoms with Gasteiger partial charge in [-0.3, -0.25) is 14.4 Å². The van der Waals surface area contributed by atoms with Crippen LogP contribution in [0.3, 0.4) is 0 Å². The van der Waals surface area contributed by atoms with E-state index in [0.29, 0.717) is 5.69 Å². The second-order valence-corrected chi connectivity index (χ2v) is 7.38. The highest BCUT2D eigenvalue weighted by molar-refractivity contribution is 7.92. The standard InChI is InChI=1S/C17H14N2O5S/c1-18(14-7-6-12-4-2-3-5-13(12)10-14)25(23,24)15-8-9-17(20)16(11-15)19(21)22/h2-11,20H,1H3. The van der Waals surface area contributed by atoms with Crippen LogP contribution < -0.4 is 4.31 Å². The molecule has 3 rings (SSSR count). The molecule has 0 atom stereocenters. The number of nitro benzene ring substituents is 1. The SMILES string of the molecule is CN(c1ccc2ccccc2c1)S(=O)(=O)c1ccc(O)c([N+](=O)[O-])c1. The molecule has 0 aliphatic heterocycles. The van der Waals surface area contributed by atoms with Gasteiger partial charge in [0.25, 0.3) is 10.0 Å². The summed E-state index contributed by atoms with van der Waals surface area (Å²) < 4.78 is 26.6. The van der Waals surface area contributed by atoms with Crippen LogP contribution in [0.2, 0.25) is 0 Å². The number of hydrogen-bond acceptors (Lipinski definition) is 5. The molecule has 0 amide bonds. The first-order valence-corrected chi connectivity index (χ1v) is 8.70. The number of nitrogens with zero attached hydrogens (tertiary/aromatic N) is 2. The normalized spacial score (nSPS) is 11.4. The molecule has 7 nitrogen and oxygen atoms in total. The molecule has 0 aliphatic rings. The molecule has 0 heterocycles. The summed E-state index contributed by atoms with van der Waals surface area (Å²) in [7, 11) is -2.64. The molecule has 0 saturated heterocycles. The Morgan fingerprint density at radius 1 is 1.00 bits per heavy atom. The lowest BCUT2D eigenvalue weighted by atomic mass is 10.1. The zero-order chi connectivity index (χ0) is 18.2. The van der Waals surface area contributed by atoms with Gasteiger partial charge < -0.3 is 5.11 Å². The molecule has 0 radical (unpaired) electrons. The van der Waals surface area contributed by atoms with Gasteiger partial charge >= 0.3 is 5.69 Å². The Hall–Kier alpha value is -3.13. The van der Waals surface area contributed by atoms with Crippen LogP contribution in [0, 0.1) is 10.1 Å². The molecular formula is C17H14N2O5S. The zero-order valence-electron chi connectivity index (χ0n) is 13.2. The molecule has 0 spiro atoms. The van der Waals surface area contributed by atoms with E-state index in [1.807, 2.05) is 24.3 Å². The van der Waals surface area contributed by atoms with Gasteiger partial charge in [0.2, 0.25) is 0 Å². The Morgan fingerprint density at radius 3 is 2.36 bits per heavy atom. The van der Waals surface area contributed by atoms with Crippen LogP contribution in [0.25, 0.3) is 10.8 Å². The Balaban J connectivity index is 2.06. The van der Waals surface area contributed by atoms with Crippen molar-refractivity contribution in [2.45, 2.75) is 4.90 Å². The summed E-state index contributed by atoms with van der Waals surface area (Å²) in [5, 5.41) is 22.3. The first-order chi connectivity index (χ1) is 11.8. The van der Waals surface area contributed by atoms with Gasteiger partial charge in [0, 0.05) is 13.1 Å². The van der Waals surface area contributed by atoms with Crippen LogP contribution in [0.4, 0.5) is 11.4 Å². The van der Waals surface area contributed by atoms with Gasteiger partial charge in [-0.1, -0.05) is 30.3 Å². The van der Waals surface area contributed by atoms with Gasteiger partial charge in [0.05, 0.1) is 15.5 Å². The largest absolute Gasteiger partial charge is 0.502 e. The van der Waals surface area contributed by atoms with Crippen molar-refractivity contribution in [2.75, 3.05) is 11.4 Å². The molecule has 3 aromatic rings. The van der Waals surface area contributed by atoms with Gasteiger partial charge in [-0.2, -0.15) is 0 Å². The zero-order valence-corrected chi connectivity index (χ0v) is 14.0. The summed E-state index contributed by atoms with van der Waals surface area (Å²) in [6, 6.07) is 15.7. The van der Waals surface area contributed by atoms with Crippen LogP contribution in [-0.2, 0) is 10.0 Å². The number of aromatic hydroxyl groups is 1. The molecule has 0 unspecified atom stereocenters. The number of sulfonamides is 1. The van der Waals surface area contributed by atoms with Gasteiger partial charge in [0.1, 0.15) is 0 Å². The Labute approximate surface area is 144 Å². The number of fused-ring (bicyclic) bond motifs is 1. The van der Waals surface area contributed by atoms with Crippen LogP contribution in [0.15, 0.2) is 65.6 Å². The van der Waals surface area contributed by atoms with E-state index >= 15 is 0 Å². The number of phenols is 1. The number of anilines is 1. The fourth-order valence-corrected chi connectivity index (χ4v) is 3.69. The number of benzene rings is 3. The van der Waals surface area contributed by atoms with Gasteiger partial charge in [-0.15, -0.1) is 0 Å². The third-order valence-electron chi connectivity index (χ3n) is 3.90. The third kappa shape index (κ3) is 2.99. The van der Waals surface area contributed by atoms with Gasteiger partial charge in [0.15, 0.2) is 5.75 Å². The van der Waals surface area contributed by atoms with Crippen molar-refractivity contribution in [1.82, 2.24) is 0 Å². The van der Waals surface area contributed by atoms with Crippen molar-refractivity contribution in [3.05, 3.63) is 70.8 Å². The van der Waals surface area contributed by atoms with E-state index in [4.69, 9.17) is 0 Å². The third-order valence-corrected chi connectivity index (χ3v) is 5.68. The summed E-state index contributed by atoms with van der Waals surface area (Å²) in [5.41, 5.74) is -0.234. The minimum absolute atomic E-state index is 0.271. The topological polar surface area (TPSA) is 101 Å². The minimum Gasteiger partial charge on any atom is -0.502 e. The predicted octanol–water partition coefficient (Wildman–Crippen LogP) is 3.28. The monoisotopic (exact) mass is 358 g/mol.